The smallest absolute Gasteiger partial charge is 0.304 e. The molecule has 0 atom stereocenters. The maximum Gasteiger partial charge on any atom is 0.304 e. The highest BCUT2D eigenvalue weighted by Crippen LogP contribution is 2.28. The van der Waals surface area contributed by atoms with E-state index in [1.54, 1.807) is 12.3 Å². The van der Waals surface area contributed by atoms with Crippen LogP contribution in [-0.2, 0) is 10.2 Å². The third kappa shape index (κ3) is 2.94. The maximum absolute atomic E-state index is 10.7. The number of aliphatic carboxylic acids is 1. The quantitative estimate of drug-likeness (QED) is 0.822. The first kappa shape index (κ1) is 11.5. The fourth-order valence-corrected chi connectivity index (χ4v) is 1.42. The maximum atomic E-state index is 10.7. The molecule has 0 aliphatic rings. The Morgan fingerprint density at radius 1 is 1.60 bits per heavy atom. The van der Waals surface area contributed by atoms with Crippen LogP contribution in [0.3, 0.4) is 0 Å². The minimum atomic E-state index is -0.809. The number of hydrogen-bond donors (Lipinski definition) is 1. The van der Waals surface area contributed by atoms with E-state index in [4.69, 9.17) is 9.84 Å². The molecule has 1 rings (SSSR count). The van der Waals surface area contributed by atoms with Gasteiger partial charge in [0.2, 0.25) is 5.88 Å². The van der Waals surface area contributed by atoms with Crippen molar-refractivity contribution < 1.29 is 14.6 Å². The molecule has 1 aromatic heterocycles. The Morgan fingerprint density at radius 3 is 2.80 bits per heavy atom. The van der Waals surface area contributed by atoms with Gasteiger partial charge in [-0.1, -0.05) is 13.8 Å². The Hall–Kier alpha value is -1.58. The second kappa shape index (κ2) is 4.29. The Balaban J connectivity index is 2.98. The van der Waals surface area contributed by atoms with Gasteiger partial charge < -0.3 is 9.84 Å². The van der Waals surface area contributed by atoms with E-state index in [2.05, 4.69) is 4.98 Å². The number of hydrogen-bond acceptors (Lipinski definition) is 3. The number of ether oxygens (including phenoxy) is 1. The molecule has 0 amide bonds. The van der Waals surface area contributed by atoms with Gasteiger partial charge in [-0.2, -0.15) is 0 Å². The van der Waals surface area contributed by atoms with Gasteiger partial charge in [-0.25, -0.2) is 4.98 Å². The first-order valence-corrected chi connectivity index (χ1v) is 4.68. The number of methoxy groups -OCH3 is 1. The summed E-state index contributed by atoms with van der Waals surface area (Å²) in [6, 6.07) is 3.58. The SMILES string of the molecule is COc1cc(C(C)(C)CC(=O)O)ccn1. The molecule has 0 bridgehead atoms. The van der Waals surface area contributed by atoms with Crippen LogP contribution in [0.25, 0.3) is 0 Å². The normalized spacial score (nSPS) is 11.1. The molecule has 0 fully saturated rings. The molecule has 0 aliphatic carbocycles. The van der Waals surface area contributed by atoms with E-state index in [1.807, 2.05) is 19.9 Å². The number of carbonyl (C=O) groups is 1. The Morgan fingerprint density at radius 2 is 2.27 bits per heavy atom. The lowest BCUT2D eigenvalue weighted by Gasteiger charge is -2.23. The number of nitrogens with zero attached hydrogens (tertiary/aromatic N) is 1. The van der Waals surface area contributed by atoms with Gasteiger partial charge >= 0.3 is 5.97 Å². The van der Waals surface area contributed by atoms with Gasteiger partial charge in [0, 0.05) is 17.7 Å². The summed E-state index contributed by atoms with van der Waals surface area (Å²) >= 11 is 0. The van der Waals surface area contributed by atoms with Crippen LogP contribution in [-0.4, -0.2) is 23.2 Å². The average molecular weight is 209 g/mol. The lowest BCUT2D eigenvalue weighted by Crippen LogP contribution is -2.21. The van der Waals surface area contributed by atoms with Crippen LogP contribution in [0.2, 0.25) is 0 Å². The van der Waals surface area contributed by atoms with E-state index in [1.165, 1.54) is 7.11 Å². The zero-order chi connectivity index (χ0) is 11.5. The van der Waals surface area contributed by atoms with Crippen molar-refractivity contribution in [2.75, 3.05) is 7.11 Å². The van der Waals surface area contributed by atoms with Gasteiger partial charge in [0.05, 0.1) is 13.5 Å². The first-order chi connectivity index (χ1) is 6.95. The Labute approximate surface area is 88.9 Å². The third-order valence-corrected chi connectivity index (χ3v) is 2.32. The molecule has 0 radical (unpaired) electrons. The second-order valence-electron chi connectivity index (χ2n) is 4.04. The average Bonchev–Trinajstić information content (AvgIpc) is 2.16. The van der Waals surface area contributed by atoms with E-state index in [9.17, 15) is 4.79 Å². The van der Waals surface area contributed by atoms with Gasteiger partial charge in [0.15, 0.2) is 0 Å². The van der Waals surface area contributed by atoms with Gasteiger partial charge in [0.25, 0.3) is 0 Å². The van der Waals surface area contributed by atoms with Crippen LogP contribution in [0.15, 0.2) is 18.3 Å². The summed E-state index contributed by atoms with van der Waals surface area (Å²) in [6.07, 6.45) is 1.71. The van der Waals surface area contributed by atoms with Crippen molar-refractivity contribution in [3.05, 3.63) is 23.9 Å². The third-order valence-electron chi connectivity index (χ3n) is 2.32. The van der Waals surface area contributed by atoms with Crippen molar-refractivity contribution in [3.63, 3.8) is 0 Å². The van der Waals surface area contributed by atoms with Crippen LogP contribution in [0.4, 0.5) is 0 Å². The molecule has 1 heterocycles. The highest BCUT2D eigenvalue weighted by atomic mass is 16.5. The predicted molar refractivity (Wildman–Crippen MR) is 56.1 cm³/mol. The molecule has 1 N–H and O–H groups in total. The lowest BCUT2D eigenvalue weighted by atomic mass is 9.82. The van der Waals surface area contributed by atoms with E-state index < -0.39 is 11.4 Å². The minimum Gasteiger partial charge on any atom is -0.481 e. The molecule has 1 aromatic rings. The van der Waals surface area contributed by atoms with Crippen molar-refractivity contribution in [1.82, 2.24) is 4.98 Å². The predicted octanol–water partition coefficient (Wildman–Crippen LogP) is 1.84. The second-order valence-corrected chi connectivity index (χ2v) is 4.04. The van der Waals surface area contributed by atoms with E-state index in [0.29, 0.717) is 5.88 Å². The number of pyridine rings is 1. The van der Waals surface area contributed by atoms with Gasteiger partial charge in [-0.15, -0.1) is 0 Å². The number of aromatic nitrogens is 1. The fraction of sp³-hybridized carbons (Fsp3) is 0.455. The summed E-state index contributed by atoms with van der Waals surface area (Å²) < 4.78 is 5.00. The first-order valence-electron chi connectivity index (χ1n) is 4.68. The molecule has 0 saturated heterocycles. The van der Waals surface area contributed by atoms with E-state index >= 15 is 0 Å². The highest BCUT2D eigenvalue weighted by molar-refractivity contribution is 5.68. The summed E-state index contributed by atoms with van der Waals surface area (Å²) in [5.41, 5.74) is 0.499. The number of carboxylic acid groups (broad SMARTS) is 1. The van der Waals surface area contributed by atoms with Crippen LogP contribution < -0.4 is 4.74 Å². The molecule has 4 heteroatoms. The van der Waals surface area contributed by atoms with Crippen molar-refractivity contribution in [2.24, 2.45) is 0 Å². The summed E-state index contributed by atoms with van der Waals surface area (Å²) in [4.78, 5) is 14.7. The van der Waals surface area contributed by atoms with Crippen molar-refractivity contribution >= 4 is 5.97 Å². The van der Waals surface area contributed by atoms with Gasteiger partial charge in [0.1, 0.15) is 0 Å². The number of carboxylic acids is 1. The Bertz CT molecular complexity index is 361. The van der Waals surface area contributed by atoms with E-state index in [0.717, 1.165) is 5.56 Å². The van der Waals surface area contributed by atoms with E-state index in [-0.39, 0.29) is 6.42 Å². The van der Waals surface area contributed by atoms with Crippen molar-refractivity contribution in [2.45, 2.75) is 25.7 Å². The molecule has 0 aliphatic heterocycles. The fourth-order valence-electron chi connectivity index (χ4n) is 1.42. The largest absolute Gasteiger partial charge is 0.481 e. The summed E-state index contributed by atoms with van der Waals surface area (Å²) in [5, 5.41) is 8.79. The summed E-state index contributed by atoms with van der Waals surface area (Å²) in [6.45, 7) is 3.77. The topological polar surface area (TPSA) is 59.4 Å². The molecule has 0 unspecified atom stereocenters. The standard InChI is InChI=1S/C11H15NO3/c1-11(2,7-10(13)14)8-4-5-12-9(6-8)15-3/h4-6H,7H2,1-3H3,(H,13,14). The van der Waals surface area contributed by atoms with Crippen LogP contribution >= 0.6 is 0 Å². The monoisotopic (exact) mass is 209 g/mol. The highest BCUT2D eigenvalue weighted by Gasteiger charge is 2.24. The summed E-state index contributed by atoms with van der Waals surface area (Å²) in [7, 11) is 1.54. The van der Waals surface area contributed by atoms with Crippen LogP contribution in [0.5, 0.6) is 5.88 Å². The minimum absolute atomic E-state index is 0.0835. The van der Waals surface area contributed by atoms with Gasteiger partial charge in [-0.3, -0.25) is 4.79 Å². The summed E-state index contributed by atoms with van der Waals surface area (Å²) in [5.74, 6) is -0.304. The zero-order valence-electron chi connectivity index (χ0n) is 9.15. The molecule has 0 spiro atoms. The van der Waals surface area contributed by atoms with Crippen LogP contribution in [0.1, 0.15) is 25.8 Å². The van der Waals surface area contributed by atoms with Gasteiger partial charge in [-0.05, 0) is 11.6 Å². The zero-order valence-corrected chi connectivity index (χ0v) is 9.15. The Kier molecular flexibility index (Phi) is 3.29. The number of rotatable bonds is 4. The molecular weight excluding hydrogens is 194 g/mol. The lowest BCUT2D eigenvalue weighted by molar-refractivity contribution is -0.138. The molecule has 15 heavy (non-hydrogen) atoms. The molecule has 4 nitrogen and oxygen atoms in total. The molecular formula is C11H15NO3. The van der Waals surface area contributed by atoms with Crippen LogP contribution in [0, 0.1) is 0 Å². The molecule has 0 aromatic carbocycles. The molecule has 0 saturated carbocycles. The molecule has 82 valence electrons. The van der Waals surface area contributed by atoms with Crippen molar-refractivity contribution in [3.8, 4) is 5.88 Å². The van der Waals surface area contributed by atoms with Crippen molar-refractivity contribution in [1.29, 1.82) is 0 Å².